The van der Waals surface area contributed by atoms with E-state index >= 15 is 0 Å². The second kappa shape index (κ2) is 11.1. The van der Waals surface area contributed by atoms with Crippen LogP contribution < -0.4 is 11.1 Å². The van der Waals surface area contributed by atoms with E-state index in [4.69, 9.17) is 26.8 Å². The first-order valence-electron chi connectivity index (χ1n) is 9.61. The molecule has 1 amide bonds. The summed E-state index contributed by atoms with van der Waals surface area (Å²) in [5, 5.41) is 3.15. The number of hydrogen-bond donors (Lipinski definition) is 2. The molecule has 0 saturated heterocycles. The summed E-state index contributed by atoms with van der Waals surface area (Å²) in [7, 11) is 2.04. The average Bonchev–Trinajstić information content (AvgIpc) is 2.54. The number of alkyl carbamates (subject to hydrolysis) is 1. The molecule has 0 heterocycles. The molecule has 0 saturated carbocycles. The predicted molar refractivity (Wildman–Crippen MR) is 120 cm³/mol. The summed E-state index contributed by atoms with van der Waals surface area (Å²) < 4.78 is 10.9. The summed E-state index contributed by atoms with van der Waals surface area (Å²) in [6.45, 7) is 15.3. The van der Waals surface area contributed by atoms with Crippen LogP contribution in [0.2, 0.25) is 5.02 Å². The lowest BCUT2D eigenvalue weighted by Crippen LogP contribution is -2.31. The fourth-order valence-corrected chi connectivity index (χ4v) is 2.77. The maximum Gasteiger partial charge on any atom is 0.412 e. The lowest BCUT2D eigenvalue weighted by Gasteiger charge is -2.22. The number of nitrogens with two attached hydrogens (primary N) is 1. The van der Waals surface area contributed by atoms with Crippen molar-refractivity contribution in [2.75, 3.05) is 32.5 Å². The van der Waals surface area contributed by atoms with Gasteiger partial charge in [0.25, 0.3) is 0 Å². The van der Waals surface area contributed by atoms with Gasteiger partial charge in [-0.15, -0.1) is 0 Å². The Morgan fingerprint density at radius 3 is 2.66 bits per heavy atom. The van der Waals surface area contributed by atoms with Gasteiger partial charge in [-0.3, -0.25) is 5.32 Å². The van der Waals surface area contributed by atoms with Gasteiger partial charge in [0.15, 0.2) is 0 Å². The third-order valence-corrected chi connectivity index (χ3v) is 4.36. The van der Waals surface area contributed by atoms with E-state index in [9.17, 15) is 4.79 Å². The summed E-state index contributed by atoms with van der Waals surface area (Å²) in [5.74, 6) is 0.979. The van der Waals surface area contributed by atoms with Crippen LogP contribution in [0.25, 0.3) is 0 Å². The largest absolute Gasteiger partial charge is 0.497 e. The minimum Gasteiger partial charge on any atom is -0.497 e. The third-order valence-electron chi connectivity index (χ3n) is 4.02. The van der Waals surface area contributed by atoms with Crippen molar-refractivity contribution >= 4 is 23.4 Å². The molecular weight excluding hydrogens is 390 g/mol. The van der Waals surface area contributed by atoms with Crippen LogP contribution in [0.15, 0.2) is 42.3 Å². The number of halogens is 1. The molecule has 0 spiro atoms. The zero-order valence-corrected chi connectivity index (χ0v) is 19.1. The molecule has 0 unspecified atom stereocenters. The van der Waals surface area contributed by atoms with Crippen molar-refractivity contribution in [3.63, 3.8) is 0 Å². The van der Waals surface area contributed by atoms with Crippen molar-refractivity contribution < 1.29 is 14.3 Å². The minimum atomic E-state index is -0.556. The first-order valence-corrected chi connectivity index (χ1v) is 9.98. The van der Waals surface area contributed by atoms with Crippen LogP contribution >= 0.6 is 11.6 Å². The van der Waals surface area contributed by atoms with Crippen LogP contribution in [0.4, 0.5) is 10.5 Å². The Hall–Kier alpha value is -2.18. The van der Waals surface area contributed by atoms with Gasteiger partial charge in [0, 0.05) is 18.8 Å². The molecule has 6 nitrogen and oxygen atoms in total. The molecule has 1 aromatic rings. The Morgan fingerprint density at radius 1 is 1.41 bits per heavy atom. The van der Waals surface area contributed by atoms with Gasteiger partial charge in [0.1, 0.15) is 12.2 Å². The molecule has 1 rings (SSSR count). The number of nitrogens with zero attached hydrogens (tertiary/aromatic N) is 1. The molecule has 0 radical (unpaired) electrons. The van der Waals surface area contributed by atoms with Crippen LogP contribution in [0, 0.1) is 0 Å². The SMILES string of the molecule is C=C(/C=C(\C)OCCN(C)C[C@H](C)c1ccc(Cl)c(N)c1)NC(=O)OC(C)(C)C. The summed E-state index contributed by atoms with van der Waals surface area (Å²) in [6, 6.07) is 5.76. The standard InChI is InChI=1S/C22H34ClN3O3/c1-15(18-8-9-19(23)20(24)13-18)14-26(7)10-11-28-17(3)12-16(2)25-21(27)29-22(4,5)6/h8-9,12-13,15H,2,10-11,14,24H2,1,3-7H3,(H,25,27)/b17-12+/t15-/m0/s1. The number of rotatable bonds is 9. The number of benzene rings is 1. The van der Waals surface area contributed by atoms with Crippen molar-refractivity contribution in [2.45, 2.75) is 46.1 Å². The molecule has 162 valence electrons. The number of carbonyl (C=O) groups excluding carboxylic acids is 1. The first kappa shape index (κ1) is 24.9. The van der Waals surface area contributed by atoms with Gasteiger partial charge < -0.3 is 20.1 Å². The van der Waals surface area contributed by atoms with E-state index in [0.29, 0.717) is 34.7 Å². The van der Waals surface area contributed by atoms with Gasteiger partial charge in [0.05, 0.1) is 16.5 Å². The lowest BCUT2D eigenvalue weighted by atomic mass is 10.0. The molecule has 1 aromatic carbocycles. The number of nitrogen functional groups attached to an aromatic ring is 1. The highest BCUT2D eigenvalue weighted by Gasteiger charge is 2.16. The summed E-state index contributed by atoms with van der Waals surface area (Å²) >= 11 is 5.99. The van der Waals surface area contributed by atoms with Gasteiger partial charge in [-0.2, -0.15) is 0 Å². The highest BCUT2D eigenvalue weighted by Crippen LogP contribution is 2.24. The van der Waals surface area contributed by atoms with Gasteiger partial charge in [-0.05, 0) is 64.4 Å². The summed E-state index contributed by atoms with van der Waals surface area (Å²) in [6.07, 6.45) is 1.13. The zero-order chi connectivity index (χ0) is 22.2. The van der Waals surface area contributed by atoms with Crippen LogP contribution in [0.3, 0.4) is 0 Å². The van der Waals surface area contributed by atoms with Crippen molar-refractivity contribution in [2.24, 2.45) is 0 Å². The van der Waals surface area contributed by atoms with Gasteiger partial charge >= 0.3 is 6.09 Å². The van der Waals surface area contributed by atoms with Crippen LogP contribution in [0.5, 0.6) is 0 Å². The molecule has 0 aliphatic carbocycles. The minimum absolute atomic E-state index is 0.314. The van der Waals surface area contributed by atoms with Gasteiger partial charge in [-0.1, -0.05) is 31.2 Å². The normalized spacial score (nSPS) is 13.2. The van der Waals surface area contributed by atoms with Crippen LogP contribution in [-0.4, -0.2) is 43.3 Å². The number of anilines is 1. The highest BCUT2D eigenvalue weighted by atomic mass is 35.5. The molecule has 0 aliphatic rings. The molecule has 3 N–H and O–H groups in total. The zero-order valence-electron chi connectivity index (χ0n) is 18.3. The smallest absolute Gasteiger partial charge is 0.412 e. The Morgan fingerprint density at radius 2 is 2.07 bits per heavy atom. The topological polar surface area (TPSA) is 76.8 Å². The van der Waals surface area contributed by atoms with E-state index in [0.717, 1.165) is 18.7 Å². The van der Waals surface area contributed by atoms with Crippen molar-refractivity contribution in [1.29, 1.82) is 0 Å². The molecule has 0 aromatic heterocycles. The number of carbonyl (C=O) groups is 1. The Labute approximate surface area is 179 Å². The van der Waals surface area contributed by atoms with E-state index in [1.165, 1.54) is 0 Å². The number of allylic oxidation sites excluding steroid dienone is 2. The molecule has 1 atom stereocenters. The van der Waals surface area contributed by atoms with E-state index in [1.807, 2.05) is 32.2 Å². The maximum atomic E-state index is 11.7. The average molecular weight is 424 g/mol. The second-order valence-electron chi connectivity index (χ2n) is 8.20. The third kappa shape index (κ3) is 10.2. The first-order chi connectivity index (χ1) is 13.4. The number of nitrogens with one attached hydrogen (secondary N) is 1. The molecule has 29 heavy (non-hydrogen) atoms. The van der Waals surface area contributed by atoms with Crippen molar-refractivity contribution in [1.82, 2.24) is 10.2 Å². The lowest BCUT2D eigenvalue weighted by molar-refractivity contribution is 0.0548. The number of hydrogen-bond acceptors (Lipinski definition) is 5. The van der Waals surface area contributed by atoms with Crippen LogP contribution in [-0.2, 0) is 9.47 Å². The Balaban J connectivity index is 2.39. The molecule has 0 aliphatic heterocycles. The summed E-state index contributed by atoms with van der Waals surface area (Å²) in [5.41, 5.74) is 7.50. The predicted octanol–water partition coefficient (Wildman–Crippen LogP) is 4.92. The Kier molecular flexibility index (Phi) is 9.53. The second-order valence-corrected chi connectivity index (χ2v) is 8.61. The maximum absolute atomic E-state index is 11.7. The quantitative estimate of drug-likeness (QED) is 0.335. The fraction of sp³-hybridized carbons (Fsp3) is 0.500. The Bertz CT molecular complexity index is 741. The van der Waals surface area contributed by atoms with Crippen LogP contribution in [0.1, 0.15) is 46.1 Å². The monoisotopic (exact) mass is 423 g/mol. The number of likely N-dealkylation sites (N-methyl/N-ethyl adjacent to an activating group) is 1. The molecular formula is C22H34ClN3O3. The van der Waals surface area contributed by atoms with Crippen molar-refractivity contribution in [3.05, 3.63) is 52.9 Å². The molecule has 0 bridgehead atoms. The van der Waals surface area contributed by atoms with E-state index < -0.39 is 11.7 Å². The van der Waals surface area contributed by atoms with E-state index in [1.54, 1.807) is 26.8 Å². The van der Waals surface area contributed by atoms with Gasteiger partial charge in [-0.25, -0.2) is 4.79 Å². The highest BCUT2D eigenvalue weighted by molar-refractivity contribution is 6.33. The molecule has 7 heteroatoms. The number of amides is 1. The summed E-state index contributed by atoms with van der Waals surface area (Å²) in [4.78, 5) is 13.9. The van der Waals surface area contributed by atoms with Crippen molar-refractivity contribution in [3.8, 4) is 0 Å². The molecule has 0 fully saturated rings. The van der Waals surface area contributed by atoms with Gasteiger partial charge in [0.2, 0.25) is 0 Å². The van der Waals surface area contributed by atoms with E-state index in [-0.39, 0.29) is 0 Å². The van der Waals surface area contributed by atoms with E-state index in [2.05, 4.69) is 23.7 Å². The fourth-order valence-electron chi connectivity index (χ4n) is 2.65. The number of ether oxygens (including phenoxy) is 2.